The average molecular weight is 475 g/mol. The van der Waals surface area contributed by atoms with E-state index in [1.54, 1.807) is 32.0 Å². The molecule has 0 bridgehead atoms. The molecule has 1 N–H and O–H groups in total. The lowest BCUT2D eigenvalue weighted by Crippen LogP contribution is -2.16. The number of benzene rings is 2. The molecule has 0 aliphatic heterocycles. The molecule has 5 nitrogen and oxygen atoms in total. The van der Waals surface area contributed by atoms with Crippen molar-refractivity contribution in [2.75, 3.05) is 6.26 Å². The summed E-state index contributed by atoms with van der Waals surface area (Å²) < 4.78 is 53.1. The van der Waals surface area contributed by atoms with Crippen LogP contribution >= 0.6 is 11.3 Å². The molecule has 0 fully saturated rings. The van der Waals surface area contributed by atoms with Crippen LogP contribution in [0.5, 0.6) is 0 Å². The molecular formula is C23H20F2N2O3S2. The normalized spacial score (nSPS) is 12.3. The van der Waals surface area contributed by atoms with Crippen molar-refractivity contribution in [2.24, 2.45) is 0 Å². The van der Waals surface area contributed by atoms with Crippen LogP contribution in [-0.4, -0.2) is 29.6 Å². The van der Waals surface area contributed by atoms with E-state index in [4.69, 9.17) is 0 Å². The summed E-state index contributed by atoms with van der Waals surface area (Å²) in [7, 11) is -3.35. The molecule has 0 aliphatic rings. The number of aliphatic hydroxyl groups is 1. The van der Waals surface area contributed by atoms with E-state index in [0.717, 1.165) is 33.7 Å². The zero-order valence-electron chi connectivity index (χ0n) is 17.5. The van der Waals surface area contributed by atoms with Gasteiger partial charge in [0.2, 0.25) is 0 Å². The van der Waals surface area contributed by atoms with E-state index < -0.39 is 27.1 Å². The summed E-state index contributed by atoms with van der Waals surface area (Å²) >= 11 is 1.37. The van der Waals surface area contributed by atoms with Gasteiger partial charge < -0.3 is 5.11 Å². The SMILES string of the molecule is CC(C)(O)c1cc(-c2ccc(-c3cccc(S(C)(=O)=O)c3)s2)n(-c2ccc(F)cc2F)n1. The van der Waals surface area contributed by atoms with Gasteiger partial charge in [0.05, 0.1) is 21.2 Å². The third kappa shape index (κ3) is 4.36. The standard InChI is InChI=1S/C23H20F2N2O3S2/c1-23(2,28)22-13-19(27(26-22)18-8-7-15(24)12-17(18)25)21-10-9-20(31-21)14-5-4-6-16(11-14)32(3,29)30/h4-13,28H,1-3H3. The van der Waals surface area contributed by atoms with Gasteiger partial charge in [-0.05, 0) is 61.9 Å². The Balaban J connectivity index is 1.85. The maximum atomic E-state index is 14.5. The van der Waals surface area contributed by atoms with Crippen LogP contribution in [0.15, 0.2) is 65.6 Å². The Morgan fingerprint density at radius 3 is 2.38 bits per heavy atom. The van der Waals surface area contributed by atoms with E-state index in [-0.39, 0.29) is 10.6 Å². The maximum Gasteiger partial charge on any atom is 0.175 e. The highest BCUT2D eigenvalue weighted by molar-refractivity contribution is 7.90. The van der Waals surface area contributed by atoms with Crippen LogP contribution in [0.3, 0.4) is 0 Å². The monoisotopic (exact) mass is 474 g/mol. The minimum atomic E-state index is -3.35. The van der Waals surface area contributed by atoms with Crippen molar-refractivity contribution in [3.63, 3.8) is 0 Å². The van der Waals surface area contributed by atoms with E-state index in [2.05, 4.69) is 5.10 Å². The predicted molar refractivity (Wildman–Crippen MR) is 121 cm³/mol. The molecule has 9 heteroatoms. The number of sulfone groups is 1. The second-order valence-corrected chi connectivity index (χ2v) is 11.0. The van der Waals surface area contributed by atoms with Gasteiger partial charge in [-0.25, -0.2) is 21.9 Å². The van der Waals surface area contributed by atoms with Crippen LogP contribution in [0, 0.1) is 11.6 Å². The third-order valence-electron chi connectivity index (χ3n) is 4.88. The van der Waals surface area contributed by atoms with Gasteiger partial charge in [0.25, 0.3) is 0 Å². The molecule has 0 saturated heterocycles. The Morgan fingerprint density at radius 1 is 1.00 bits per heavy atom. The van der Waals surface area contributed by atoms with Crippen molar-refractivity contribution >= 4 is 21.2 Å². The van der Waals surface area contributed by atoms with E-state index in [0.29, 0.717) is 11.4 Å². The number of halogens is 2. The lowest BCUT2D eigenvalue weighted by molar-refractivity contribution is 0.0734. The van der Waals surface area contributed by atoms with Gasteiger partial charge in [0, 0.05) is 17.2 Å². The molecule has 0 radical (unpaired) electrons. The van der Waals surface area contributed by atoms with Crippen molar-refractivity contribution in [3.8, 4) is 26.7 Å². The number of thiophene rings is 1. The first-order valence-corrected chi connectivity index (χ1v) is 12.3. The molecule has 0 spiro atoms. The van der Waals surface area contributed by atoms with Crippen LogP contribution in [0.4, 0.5) is 8.78 Å². The Kier molecular flexibility index (Phi) is 5.52. The van der Waals surface area contributed by atoms with Crippen LogP contribution < -0.4 is 0 Å². The summed E-state index contributed by atoms with van der Waals surface area (Å²) in [5.41, 5.74) is 0.339. The number of hydrogen-bond donors (Lipinski definition) is 1. The van der Waals surface area contributed by atoms with Crippen LogP contribution in [0.25, 0.3) is 26.7 Å². The predicted octanol–water partition coefficient (Wildman–Crippen LogP) is 5.18. The second-order valence-electron chi connectivity index (χ2n) is 7.95. The molecule has 0 unspecified atom stereocenters. The summed E-state index contributed by atoms with van der Waals surface area (Å²) in [4.78, 5) is 1.74. The lowest BCUT2D eigenvalue weighted by atomic mass is 10.1. The summed E-state index contributed by atoms with van der Waals surface area (Å²) in [6.45, 7) is 3.14. The highest BCUT2D eigenvalue weighted by Gasteiger charge is 2.25. The van der Waals surface area contributed by atoms with E-state index in [1.807, 2.05) is 18.2 Å². The first kappa shape index (κ1) is 22.3. The molecule has 0 aliphatic carbocycles. The minimum absolute atomic E-state index is 0.0472. The second kappa shape index (κ2) is 7.91. The molecule has 2 aromatic heterocycles. The van der Waals surface area contributed by atoms with Crippen LogP contribution in [-0.2, 0) is 15.4 Å². The van der Waals surface area contributed by atoms with Crippen molar-refractivity contribution in [1.29, 1.82) is 0 Å². The zero-order chi connectivity index (χ0) is 23.3. The van der Waals surface area contributed by atoms with E-state index >= 15 is 0 Å². The van der Waals surface area contributed by atoms with Crippen molar-refractivity contribution in [2.45, 2.75) is 24.3 Å². The van der Waals surface area contributed by atoms with Gasteiger partial charge in [0.15, 0.2) is 15.7 Å². The van der Waals surface area contributed by atoms with E-state index in [9.17, 15) is 22.3 Å². The summed E-state index contributed by atoms with van der Waals surface area (Å²) in [6.07, 6.45) is 1.15. The fourth-order valence-electron chi connectivity index (χ4n) is 3.20. The van der Waals surface area contributed by atoms with Crippen LogP contribution in [0.2, 0.25) is 0 Å². The van der Waals surface area contributed by atoms with Gasteiger partial charge in [-0.3, -0.25) is 0 Å². The molecular weight excluding hydrogens is 454 g/mol. The average Bonchev–Trinajstić information content (AvgIpc) is 3.34. The number of rotatable bonds is 5. The van der Waals surface area contributed by atoms with Crippen LogP contribution in [0.1, 0.15) is 19.5 Å². The highest BCUT2D eigenvalue weighted by Crippen LogP contribution is 2.37. The van der Waals surface area contributed by atoms with Crippen molar-refractivity contribution in [1.82, 2.24) is 9.78 Å². The third-order valence-corrected chi connectivity index (χ3v) is 7.15. The molecule has 0 atom stereocenters. The van der Waals surface area contributed by atoms with Gasteiger partial charge in [-0.15, -0.1) is 11.3 Å². The first-order valence-electron chi connectivity index (χ1n) is 9.62. The van der Waals surface area contributed by atoms with Gasteiger partial charge in [-0.2, -0.15) is 5.10 Å². The molecule has 2 aromatic carbocycles. The zero-order valence-corrected chi connectivity index (χ0v) is 19.1. The summed E-state index contributed by atoms with van der Waals surface area (Å²) in [5, 5.41) is 14.8. The van der Waals surface area contributed by atoms with Crippen molar-refractivity contribution in [3.05, 3.63) is 78.0 Å². The van der Waals surface area contributed by atoms with Crippen molar-refractivity contribution < 1.29 is 22.3 Å². The van der Waals surface area contributed by atoms with E-state index in [1.165, 1.54) is 28.2 Å². The first-order chi connectivity index (χ1) is 14.9. The molecule has 4 rings (SSSR count). The molecule has 4 aromatic rings. The quantitative estimate of drug-likeness (QED) is 0.433. The topological polar surface area (TPSA) is 72.2 Å². The molecule has 32 heavy (non-hydrogen) atoms. The van der Waals surface area contributed by atoms with Gasteiger partial charge >= 0.3 is 0 Å². The smallest absolute Gasteiger partial charge is 0.175 e. The Bertz CT molecular complexity index is 1420. The van der Waals surface area contributed by atoms with Gasteiger partial charge in [-0.1, -0.05) is 12.1 Å². The fraction of sp³-hybridized carbons (Fsp3) is 0.174. The highest BCUT2D eigenvalue weighted by atomic mass is 32.2. The number of nitrogens with zero attached hydrogens (tertiary/aromatic N) is 2. The molecule has 0 saturated carbocycles. The maximum absolute atomic E-state index is 14.5. The van der Waals surface area contributed by atoms with Gasteiger partial charge in [0.1, 0.15) is 17.1 Å². The summed E-state index contributed by atoms with van der Waals surface area (Å²) in [6, 6.07) is 15.1. The molecule has 0 amide bonds. The Labute approximate surface area is 188 Å². The Morgan fingerprint density at radius 2 is 1.72 bits per heavy atom. The molecule has 166 valence electrons. The fourth-order valence-corrected chi connectivity index (χ4v) is 4.87. The summed E-state index contributed by atoms with van der Waals surface area (Å²) in [5.74, 6) is -1.49. The Hall–Kier alpha value is -2.88. The number of aromatic nitrogens is 2. The molecule has 2 heterocycles. The number of hydrogen-bond acceptors (Lipinski definition) is 5. The largest absolute Gasteiger partial charge is 0.384 e. The minimum Gasteiger partial charge on any atom is -0.384 e. The lowest BCUT2D eigenvalue weighted by Gasteiger charge is -2.13.